The van der Waals surface area contributed by atoms with Gasteiger partial charge in [0.15, 0.2) is 0 Å². The molecule has 0 atom stereocenters. The Bertz CT molecular complexity index is 992. The second-order valence-electron chi connectivity index (χ2n) is 6.29. The van der Waals surface area contributed by atoms with Crippen LogP contribution in [-0.4, -0.2) is 18.2 Å². The summed E-state index contributed by atoms with van der Waals surface area (Å²) in [5.41, 5.74) is 3.93. The first kappa shape index (κ1) is 18.2. The summed E-state index contributed by atoms with van der Waals surface area (Å²) in [4.78, 5) is 0.253. The summed E-state index contributed by atoms with van der Waals surface area (Å²) < 4.78 is 30.0. The molecule has 5 nitrogen and oxygen atoms in total. The molecule has 0 radical (unpaired) electrons. The summed E-state index contributed by atoms with van der Waals surface area (Å²) in [5, 5.41) is 4.49. The van der Waals surface area contributed by atoms with Crippen molar-refractivity contribution in [2.75, 3.05) is 4.72 Å². The number of benzene rings is 2. The number of anilines is 1. The summed E-state index contributed by atoms with van der Waals surface area (Å²) in [6, 6.07) is 16.7. The molecule has 1 heterocycles. The SMILES string of the molecule is CCCc1ccc(S(=O)(=O)Nc2c(C)nn(-c3ccccc3)c2C)cc1. The Labute approximate surface area is 154 Å². The summed E-state index contributed by atoms with van der Waals surface area (Å²) in [6.07, 6.45) is 1.97. The van der Waals surface area contributed by atoms with Crippen molar-refractivity contribution in [1.82, 2.24) is 9.78 Å². The number of hydrogen-bond acceptors (Lipinski definition) is 3. The predicted molar refractivity (Wildman–Crippen MR) is 104 cm³/mol. The van der Waals surface area contributed by atoms with Gasteiger partial charge in [-0.25, -0.2) is 13.1 Å². The van der Waals surface area contributed by atoms with Crippen LogP contribution in [0, 0.1) is 13.8 Å². The zero-order valence-corrected chi connectivity index (χ0v) is 16.0. The molecular formula is C20H23N3O2S. The molecule has 0 aliphatic rings. The number of aryl methyl sites for hydroxylation is 2. The first-order chi connectivity index (χ1) is 12.4. The summed E-state index contributed by atoms with van der Waals surface area (Å²) >= 11 is 0. The minimum absolute atomic E-state index is 0.253. The number of rotatable bonds is 6. The van der Waals surface area contributed by atoms with Crippen molar-refractivity contribution in [3.05, 3.63) is 71.5 Å². The molecule has 26 heavy (non-hydrogen) atoms. The molecule has 2 aromatic carbocycles. The Kier molecular flexibility index (Phi) is 5.13. The van der Waals surface area contributed by atoms with Gasteiger partial charge in [-0.2, -0.15) is 5.10 Å². The second-order valence-corrected chi connectivity index (χ2v) is 7.98. The van der Waals surface area contributed by atoms with Gasteiger partial charge in [0.25, 0.3) is 10.0 Å². The largest absolute Gasteiger partial charge is 0.276 e. The molecule has 136 valence electrons. The van der Waals surface area contributed by atoms with Crippen LogP contribution in [0.1, 0.15) is 30.3 Å². The Morgan fingerprint density at radius 3 is 2.27 bits per heavy atom. The van der Waals surface area contributed by atoms with Crippen LogP contribution in [0.4, 0.5) is 5.69 Å². The second kappa shape index (κ2) is 7.33. The highest BCUT2D eigenvalue weighted by molar-refractivity contribution is 7.92. The van der Waals surface area contributed by atoms with Crippen molar-refractivity contribution in [3.63, 3.8) is 0 Å². The van der Waals surface area contributed by atoms with Crippen LogP contribution >= 0.6 is 0 Å². The minimum Gasteiger partial charge on any atom is -0.276 e. The smallest absolute Gasteiger partial charge is 0.262 e. The summed E-state index contributed by atoms with van der Waals surface area (Å²) in [6.45, 7) is 5.76. The van der Waals surface area contributed by atoms with E-state index in [4.69, 9.17) is 0 Å². The zero-order valence-electron chi connectivity index (χ0n) is 15.2. The Hall–Kier alpha value is -2.60. The molecule has 0 saturated carbocycles. The maximum absolute atomic E-state index is 12.8. The third-order valence-corrected chi connectivity index (χ3v) is 5.67. The third-order valence-electron chi connectivity index (χ3n) is 4.30. The topological polar surface area (TPSA) is 64.0 Å². The van der Waals surface area contributed by atoms with Crippen molar-refractivity contribution < 1.29 is 8.42 Å². The summed E-state index contributed by atoms with van der Waals surface area (Å²) in [5.74, 6) is 0. The fraction of sp³-hybridized carbons (Fsp3) is 0.250. The van der Waals surface area contributed by atoms with Crippen molar-refractivity contribution >= 4 is 15.7 Å². The fourth-order valence-electron chi connectivity index (χ4n) is 2.93. The standard InChI is InChI=1S/C20H23N3O2S/c1-4-8-17-11-13-19(14-12-17)26(24,25)22-20-15(2)21-23(16(20)3)18-9-6-5-7-10-18/h5-7,9-14,22H,4,8H2,1-3H3. The normalized spacial score (nSPS) is 11.5. The van der Waals surface area contributed by atoms with Gasteiger partial charge in [-0.3, -0.25) is 4.72 Å². The van der Waals surface area contributed by atoms with Gasteiger partial charge in [-0.1, -0.05) is 43.7 Å². The van der Waals surface area contributed by atoms with Crippen molar-refractivity contribution in [2.45, 2.75) is 38.5 Å². The molecule has 0 saturated heterocycles. The van der Waals surface area contributed by atoms with E-state index >= 15 is 0 Å². The first-order valence-electron chi connectivity index (χ1n) is 8.66. The Morgan fingerprint density at radius 2 is 1.65 bits per heavy atom. The van der Waals surface area contributed by atoms with Crippen molar-refractivity contribution in [3.8, 4) is 5.69 Å². The molecule has 1 aromatic heterocycles. The van der Waals surface area contributed by atoms with Crippen LogP contribution in [0.5, 0.6) is 0 Å². The molecule has 0 aliphatic heterocycles. The van der Waals surface area contributed by atoms with Gasteiger partial charge in [0.05, 0.1) is 27.7 Å². The number of hydrogen-bond donors (Lipinski definition) is 1. The quantitative estimate of drug-likeness (QED) is 0.707. The fourth-order valence-corrected chi connectivity index (χ4v) is 4.10. The van der Waals surface area contributed by atoms with Crippen molar-refractivity contribution in [1.29, 1.82) is 0 Å². The van der Waals surface area contributed by atoms with E-state index in [0.29, 0.717) is 11.4 Å². The number of nitrogens with one attached hydrogen (secondary N) is 1. The van der Waals surface area contributed by atoms with Crippen LogP contribution in [0.2, 0.25) is 0 Å². The van der Waals surface area contributed by atoms with Crippen LogP contribution in [-0.2, 0) is 16.4 Å². The van der Waals surface area contributed by atoms with E-state index < -0.39 is 10.0 Å². The molecule has 1 N–H and O–H groups in total. The van der Waals surface area contributed by atoms with Crippen LogP contribution in [0.25, 0.3) is 5.69 Å². The van der Waals surface area contributed by atoms with E-state index in [1.807, 2.05) is 49.4 Å². The highest BCUT2D eigenvalue weighted by Crippen LogP contribution is 2.25. The molecule has 3 aromatic rings. The van der Waals surface area contributed by atoms with Crippen LogP contribution < -0.4 is 4.72 Å². The summed E-state index contributed by atoms with van der Waals surface area (Å²) in [7, 11) is -3.66. The van der Waals surface area contributed by atoms with E-state index in [0.717, 1.165) is 29.8 Å². The molecule has 0 fully saturated rings. The van der Waals surface area contributed by atoms with Gasteiger partial charge in [-0.15, -0.1) is 0 Å². The third kappa shape index (κ3) is 3.65. The molecule has 3 rings (SSSR count). The average Bonchev–Trinajstić information content (AvgIpc) is 2.91. The van der Waals surface area contributed by atoms with Crippen LogP contribution in [0.3, 0.4) is 0 Å². The number of para-hydroxylation sites is 1. The predicted octanol–water partition coefficient (Wildman–Crippen LogP) is 4.24. The van der Waals surface area contributed by atoms with E-state index in [1.165, 1.54) is 0 Å². The molecular weight excluding hydrogens is 346 g/mol. The van der Waals surface area contributed by atoms with E-state index in [1.54, 1.807) is 23.7 Å². The Morgan fingerprint density at radius 1 is 1.00 bits per heavy atom. The minimum atomic E-state index is -3.66. The van der Waals surface area contributed by atoms with Gasteiger partial charge >= 0.3 is 0 Å². The van der Waals surface area contributed by atoms with E-state index in [-0.39, 0.29) is 4.90 Å². The van der Waals surface area contributed by atoms with E-state index in [9.17, 15) is 8.42 Å². The van der Waals surface area contributed by atoms with Gasteiger partial charge < -0.3 is 0 Å². The maximum atomic E-state index is 12.8. The van der Waals surface area contributed by atoms with Gasteiger partial charge in [0.1, 0.15) is 0 Å². The Balaban J connectivity index is 1.92. The van der Waals surface area contributed by atoms with Gasteiger partial charge in [0.2, 0.25) is 0 Å². The first-order valence-corrected chi connectivity index (χ1v) is 10.1. The number of aromatic nitrogens is 2. The molecule has 6 heteroatoms. The van der Waals surface area contributed by atoms with Crippen molar-refractivity contribution in [2.24, 2.45) is 0 Å². The zero-order chi connectivity index (χ0) is 18.7. The lowest BCUT2D eigenvalue weighted by atomic mass is 10.1. The number of sulfonamides is 1. The highest BCUT2D eigenvalue weighted by atomic mass is 32.2. The van der Waals surface area contributed by atoms with Crippen LogP contribution in [0.15, 0.2) is 59.5 Å². The molecule has 0 spiro atoms. The lowest BCUT2D eigenvalue weighted by Gasteiger charge is -2.10. The van der Waals surface area contributed by atoms with Gasteiger partial charge in [-0.05, 0) is 50.1 Å². The lowest BCUT2D eigenvalue weighted by molar-refractivity contribution is 0.601. The average molecular weight is 369 g/mol. The molecule has 0 bridgehead atoms. The molecule has 0 amide bonds. The molecule has 0 unspecified atom stereocenters. The maximum Gasteiger partial charge on any atom is 0.262 e. The van der Waals surface area contributed by atoms with E-state index in [2.05, 4.69) is 16.7 Å². The molecule has 0 aliphatic carbocycles. The highest BCUT2D eigenvalue weighted by Gasteiger charge is 2.20. The lowest BCUT2D eigenvalue weighted by Crippen LogP contribution is -2.14. The number of nitrogens with zero attached hydrogens (tertiary/aromatic N) is 2. The monoisotopic (exact) mass is 369 g/mol. The van der Waals surface area contributed by atoms with Gasteiger partial charge in [0, 0.05) is 0 Å².